The topological polar surface area (TPSA) is 64.4 Å². The molecule has 0 fully saturated rings. The number of amides is 1. The van der Waals surface area contributed by atoms with Crippen LogP contribution in [0, 0.1) is 13.8 Å². The summed E-state index contributed by atoms with van der Waals surface area (Å²) >= 11 is 5.87. The first kappa shape index (κ1) is 14.4. The van der Waals surface area contributed by atoms with E-state index in [-0.39, 0.29) is 5.91 Å². The molecule has 0 radical (unpaired) electrons. The highest BCUT2D eigenvalue weighted by Gasteiger charge is 2.17. The molecule has 1 aromatic carbocycles. The second-order valence-electron chi connectivity index (χ2n) is 4.48. The summed E-state index contributed by atoms with van der Waals surface area (Å²) in [5, 5.41) is 6.94. The Morgan fingerprint density at radius 2 is 2.15 bits per heavy atom. The Hall–Kier alpha value is -2.01. The molecule has 0 aliphatic rings. The summed E-state index contributed by atoms with van der Waals surface area (Å²) in [6.45, 7) is 5.28. The number of carbonyl (C=O) groups excluding carboxylic acids is 1. The van der Waals surface area contributed by atoms with Crippen LogP contribution in [0.2, 0.25) is 5.02 Å². The number of aromatic nitrogens is 1. The van der Waals surface area contributed by atoms with Gasteiger partial charge in [0.05, 0.1) is 0 Å². The highest BCUT2D eigenvalue weighted by molar-refractivity contribution is 6.30. The van der Waals surface area contributed by atoms with E-state index < -0.39 is 6.10 Å². The van der Waals surface area contributed by atoms with Crippen LogP contribution in [0.15, 0.2) is 28.8 Å². The lowest BCUT2D eigenvalue weighted by molar-refractivity contribution is -0.122. The van der Waals surface area contributed by atoms with Gasteiger partial charge in [0.2, 0.25) is 0 Å². The van der Waals surface area contributed by atoms with E-state index in [2.05, 4.69) is 10.5 Å². The zero-order chi connectivity index (χ0) is 14.7. The standard InChI is InChI=1S/C14H15ClN2O3/c1-8-6-11(15)4-5-12(8)19-10(3)14(18)16-13-7-9(2)20-17-13/h4-7,10H,1-3H3,(H,16,17,18)/t10-/m1/s1. The van der Waals surface area contributed by atoms with E-state index in [0.29, 0.717) is 22.4 Å². The minimum Gasteiger partial charge on any atom is -0.481 e. The third-order valence-electron chi connectivity index (χ3n) is 2.69. The summed E-state index contributed by atoms with van der Waals surface area (Å²) in [6, 6.07) is 6.87. The average Bonchev–Trinajstić information content (AvgIpc) is 2.78. The summed E-state index contributed by atoms with van der Waals surface area (Å²) < 4.78 is 10.5. The van der Waals surface area contributed by atoms with Crippen LogP contribution in [0.3, 0.4) is 0 Å². The second kappa shape index (κ2) is 5.96. The molecule has 1 amide bonds. The number of hydrogen-bond acceptors (Lipinski definition) is 4. The van der Waals surface area contributed by atoms with Gasteiger partial charge >= 0.3 is 0 Å². The van der Waals surface area contributed by atoms with E-state index in [1.807, 2.05) is 6.92 Å². The summed E-state index contributed by atoms with van der Waals surface area (Å²) in [4.78, 5) is 12.0. The predicted octanol–water partition coefficient (Wildman–Crippen LogP) is 3.35. The Kier molecular flexibility index (Phi) is 4.29. The van der Waals surface area contributed by atoms with Crippen molar-refractivity contribution in [2.75, 3.05) is 5.32 Å². The number of rotatable bonds is 4. The molecule has 0 saturated heterocycles. The quantitative estimate of drug-likeness (QED) is 0.939. The minimum atomic E-state index is -0.660. The van der Waals surface area contributed by atoms with Gasteiger partial charge in [-0.1, -0.05) is 16.8 Å². The van der Waals surface area contributed by atoms with Crippen molar-refractivity contribution in [2.24, 2.45) is 0 Å². The molecule has 1 heterocycles. The third-order valence-corrected chi connectivity index (χ3v) is 2.92. The van der Waals surface area contributed by atoms with Gasteiger partial charge in [0, 0.05) is 11.1 Å². The number of hydrogen-bond donors (Lipinski definition) is 1. The molecule has 2 aromatic rings. The Bertz CT molecular complexity index is 625. The molecule has 6 heteroatoms. The van der Waals surface area contributed by atoms with Crippen LogP contribution in [0.5, 0.6) is 5.75 Å². The number of benzene rings is 1. The van der Waals surface area contributed by atoms with Crippen LogP contribution in [0.25, 0.3) is 0 Å². The van der Waals surface area contributed by atoms with Crippen LogP contribution in [0.1, 0.15) is 18.2 Å². The van der Waals surface area contributed by atoms with Crippen LogP contribution in [0.4, 0.5) is 5.82 Å². The zero-order valence-corrected chi connectivity index (χ0v) is 12.2. The van der Waals surface area contributed by atoms with Crippen LogP contribution in [-0.2, 0) is 4.79 Å². The molecule has 2 rings (SSSR count). The molecule has 5 nitrogen and oxygen atoms in total. The maximum Gasteiger partial charge on any atom is 0.266 e. The van der Waals surface area contributed by atoms with Crippen molar-refractivity contribution in [2.45, 2.75) is 26.9 Å². The molecule has 1 atom stereocenters. The molecule has 20 heavy (non-hydrogen) atoms. The normalized spacial score (nSPS) is 12.0. The first-order chi connectivity index (χ1) is 9.45. The molecular weight excluding hydrogens is 280 g/mol. The summed E-state index contributed by atoms with van der Waals surface area (Å²) in [5.74, 6) is 1.32. The van der Waals surface area contributed by atoms with E-state index in [0.717, 1.165) is 5.56 Å². The maximum atomic E-state index is 12.0. The number of anilines is 1. The van der Waals surface area contributed by atoms with Crippen LogP contribution >= 0.6 is 11.6 Å². The van der Waals surface area contributed by atoms with E-state index in [9.17, 15) is 4.79 Å². The average molecular weight is 295 g/mol. The fraction of sp³-hybridized carbons (Fsp3) is 0.286. The van der Waals surface area contributed by atoms with Gasteiger partial charge in [0.15, 0.2) is 11.9 Å². The number of nitrogens with one attached hydrogen (secondary N) is 1. The van der Waals surface area contributed by atoms with E-state index in [1.54, 1.807) is 38.1 Å². The van der Waals surface area contributed by atoms with Crippen LogP contribution in [-0.4, -0.2) is 17.2 Å². The molecule has 106 valence electrons. The number of aryl methyl sites for hydroxylation is 2. The molecule has 0 saturated carbocycles. The lowest BCUT2D eigenvalue weighted by Gasteiger charge is -2.15. The smallest absolute Gasteiger partial charge is 0.266 e. The Labute approximate surface area is 121 Å². The Balaban J connectivity index is 2.00. The number of carbonyl (C=O) groups is 1. The van der Waals surface area contributed by atoms with Crippen molar-refractivity contribution < 1.29 is 14.1 Å². The first-order valence-corrected chi connectivity index (χ1v) is 6.50. The van der Waals surface area contributed by atoms with Crippen molar-refractivity contribution in [3.63, 3.8) is 0 Å². The molecule has 0 aliphatic heterocycles. The highest BCUT2D eigenvalue weighted by Crippen LogP contribution is 2.23. The monoisotopic (exact) mass is 294 g/mol. The molecule has 0 unspecified atom stereocenters. The fourth-order valence-corrected chi connectivity index (χ4v) is 1.87. The zero-order valence-electron chi connectivity index (χ0n) is 11.4. The van der Waals surface area contributed by atoms with E-state index in [1.165, 1.54) is 0 Å². The predicted molar refractivity (Wildman–Crippen MR) is 76.1 cm³/mol. The van der Waals surface area contributed by atoms with Crippen molar-refractivity contribution in [3.8, 4) is 5.75 Å². The summed E-state index contributed by atoms with van der Waals surface area (Å²) in [6.07, 6.45) is -0.660. The number of nitrogens with zero attached hydrogens (tertiary/aromatic N) is 1. The van der Waals surface area contributed by atoms with Crippen molar-refractivity contribution in [1.29, 1.82) is 0 Å². The van der Waals surface area contributed by atoms with Gasteiger partial charge in [-0.05, 0) is 44.5 Å². The highest BCUT2D eigenvalue weighted by atomic mass is 35.5. The molecule has 1 N–H and O–H groups in total. The molecule has 1 aromatic heterocycles. The van der Waals surface area contributed by atoms with Crippen molar-refractivity contribution in [1.82, 2.24) is 5.16 Å². The van der Waals surface area contributed by atoms with Crippen LogP contribution < -0.4 is 10.1 Å². The maximum absolute atomic E-state index is 12.0. The van der Waals surface area contributed by atoms with Gasteiger partial charge in [-0.3, -0.25) is 4.79 Å². The molecule has 0 bridgehead atoms. The Morgan fingerprint density at radius 1 is 1.40 bits per heavy atom. The van der Waals surface area contributed by atoms with Gasteiger partial charge in [-0.25, -0.2) is 0 Å². The summed E-state index contributed by atoms with van der Waals surface area (Å²) in [7, 11) is 0. The van der Waals surface area contributed by atoms with Gasteiger partial charge in [-0.2, -0.15) is 0 Å². The van der Waals surface area contributed by atoms with Gasteiger partial charge < -0.3 is 14.6 Å². The number of halogens is 1. The van der Waals surface area contributed by atoms with Gasteiger partial charge in [-0.15, -0.1) is 0 Å². The molecular formula is C14H15ClN2O3. The molecule has 0 spiro atoms. The van der Waals surface area contributed by atoms with Crippen molar-refractivity contribution >= 4 is 23.3 Å². The van der Waals surface area contributed by atoms with E-state index >= 15 is 0 Å². The fourth-order valence-electron chi connectivity index (χ4n) is 1.64. The van der Waals surface area contributed by atoms with Crippen molar-refractivity contribution in [3.05, 3.63) is 40.6 Å². The number of ether oxygens (including phenoxy) is 1. The van der Waals surface area contributed by atoms with Gasteiger partial charge in [0.25, 0.3) is 5.91 Å². The lowest BCUT2D eigenvalue weighted by Crippen LogP contribution is -2.30. The summed E-state index contributed by atoms with van der Waals surface area (Å²) in [5.41, 5.74) is 0.870. The lowest BCUT2D eigenvalue weighted by atomic mass is 10.2. The largest absolute Gasteiger partial charge is 0.481 e. The molecule has 0 aliphatic carbocycles. The Morgan fingerprint density at radius 3 is 2.75 bits per heavy atom. The first-order valence-electron chi connectivity index (χ1n) is 6.12. The minimum absolute atomic E-state index is 0.298. The van der Waals surface area contributed by atoms with Gasteiger partial charge in [0.1, 0.15) is 11.5 Å². The van der Waals surface area contributed by atoms with E-state index in [4.69, 9.17) is 20.9 Å². The SMILES string of the molecule is Cc1cc(NC(=O)[C@@H](C)Oc2ccc(Cl)cc2C)no1. The third kappa shape index (κ3) is 3.51. The second-order valence-corrected chi connectivity index (χ2v) is 4.92.